The van der Waals surface area contributed by atoms with Crippen molar-refractivity contribution in [2.75, 3.05) is 13.2 Å². The Bertz CT molecular complexity index is 981. The lowest BCUT2D eigenvalue weighted by Gasteiger charge is -2.44. The van der Waals surface area contributed by atoms with Gasteiger partial charge in [-0.2, -0.15) is 0 Å². The summed E-state index contributed by atoms with van der Waals surface area (Å²) in [6, 6.07) is 9.67. The largest absolute Gasteiger partial charge is 0.411 e. The molecule has 0 aromatic heterocycles. The lowest BCUT2D eigenvalue weighted by Crippen LogP contribution is -2.37. The highest BCUT2D eigenvalue weighted by Gasteiger charge is 2.50. The summed E-state index contributed by atoms with van der Waals surface area (Å²) >= 11 is 0. The molecule has 0 radical (unpaired) electrons. The molecule has 6 atom stereocenters. The molecule has 0 unspecified atom stereocenters. The van der Waals surface area contributed by atoms with Crippen molar-refractivity contribution in [3.8, 4) is 0 Å². The average molecular weight is 480 g/mol. The van der Waals surface area contributed by atoms with Crippen LogP contribution in [0.1, 0.15) is 64.4 Å². The highest BCUT2D eigenvalue weighted by molar-refractivity contribution is 6.01. The van der Waals surface area contributed by atoms with Gasteiger partial charge in [-0.05, 0) is 72.8 Å². The number of hydrogen-bond acceptors (Lipinski definition) is 5. The van der Waals surface area contributed by atoms with Crippen molar-refractivity contribution in [2.45, 2.75) is 71.0 Å². The third kappa shape index (κ3) is 5.63. The van der Waals surface area contributed by atoms with E-state index in [4.69, 9.17) is 4.74 Å². The predicted octanol–water partition coefficient (Wildman–Crippen LogP) is 5.66. The lowest BCUT2D eigenvalue weighted by molar-refractivity contribution is 0.0454. The van der Waals surface area contributed by atoms with Gasteiger partial charge in [0.1, 0.15) is 5.71 Å². The van der Waals surface area contributed by atoms with Crippen LogP contribution in [-0.4, -0.2) is 46.6 Å². The van der Waals surface area contributed by atoms with Gasteiger partial charge >= 0.3 is 0 Å². The van der Waals surface area contributed by atoms with Crippen molar-refractivity contribution in [1.82, 2.24) is 0 Å². The van der Waals surface area contributed by atoms with E-state index in [0.717, 1.165) is 23.1 Å². The maximum Gasteiger partial charge on any atom is 0.112 e. The fourth-order valence-corrected chi connectivity index (χ4v) is 6.94. The molecule has 0 saturated heterocycles. The van der Waals surface area contributed by atoms with Crippen molar-refractivity contribution >= 4 is 5.71 Å². The molecule has 3 fully saturated rings. The van der Waals surface area contributed by atoms with Crippen molar-refractivity contribution in [1.29, 1.82) is 0 Å². The zero-order chi connectivity index (χ0) is 25.0. The van der Waals surface area contributed by atoms with E-state index in [9.17, 15) is 15.4 Å². The molecule has 0 spiro atoms. The smallest absolute Gasteiger partial charge is 0.112 e. The number of hydrogen-bond donors (Lipinski definition) is 3. The molecule has 3 saturated carbocycles. The Kier molecular flexibility index (Phi) is 8.31. The van der Waals surface area contributed by atoms with Gasteiger partial charge in [0.25, 0.3) is 0 Å². The van der Waals surface area contributed by atoms with Crippen LogP contribution in [-0.2, 0) is 4.74 Å². The Labute approximate surface area is 209 Å². The lowest BCUT2D eigenvalue weighted by atomic mass is 9.61. The number of ether oxygens (including phenoxy) is 1. The van der Waals surface area contributed by atoms with Crippen LogP contribution >= 0.6 is 0 Å². The summed E-state index contributed by atoms with van der Waals surface area (Å²) in [5.74, 6) is 1.57. The molecule has 0 aliphatic heterocycles. The second kappa shape index (κ2) is 11.2. The van der Waals surface area contributed by atoms with Gasteiger partial charge in [-0.15, -0.1) is 0 Å². The van der Waals surface area contributed by atoms with E-state index in [0.29, 0.717) is 49.5 Å². The van der Waals surface area contributed by atoms with Gasteiger partial charge in [0.05, 0.1) is 18.8 Å². The number of aliphatic hydroxyl groups excluding tert-OH is 2. The Hall–Kier alpha value is -2.21. The summed E-state index contributed by atoms with van der Waals surface area (Å²) in [5, 5.41) is 33.1. The highest BCUT2D eigenvalue weighted by Crippen LogP contribution is 2.59. The maximum absolute atomic E-state index is 10.2. The number of aliphatic hydroxyl groups is 2. The van der Waals surface area contributed by atoms with Crippen molar-refractivity contribution in [2.24, 2.45) is 28.3 Å². The van der Waals surface area contributed by atoms with Gasteiger partial charge in [-0.25, -0.2) is 0 Å². The second-order valence-corrected chi connectivity index (χ2v) is 11.1. The van der Waals surface area contributed by atoms with E-state index < -0.39 is 12.2 Å². The molecule has 35 heavy (non-hydrogen) atoms. The Morgan fingerprint density at radius 1 is 1.23 bits per heavy atom. The molecule has 0 heterocycles. The van der Waals surface area contributed by atoms with E-state index in [-0.39, 0.29) is 5.41 Å². The predicted molar refractivity (Wildman–Crippen MR) is 139 cm³/mol. The van der Waals surface area contributed by atoms with Crippen LogP contribution in [0, 0.1) is 23.2 Å². The van der Waals surface area contributed by atoms with Crippen LogP contribution in [0.3, 0.4) is 0 Å². The molecule has 0 bridgehead atoms. The molecular formula is C30H41NO4. The highest BCUT2D eigenvalue weighted by atomic mass is 16.5. The molecule has 3 aliphatic carbocycles. The standard InChI is InChI=1S/C30H41NO4/c1-20(18-35-19-28(31-34)23-8-5-4-6-9-23)26-13-14-27-22(10-7-15-30(26,27)3)11-12-24-16-25(32)17-29(33)21(24)2/h4-6,8-9,11-12,20,25-27,29,32-34H,2,7,10,13-19H2,1,3H3/b22-11+,24-12-,31-28-/t20-,25-,26-,27+,29+,30-/m1/s1. The number of oxime groups is 1. The fraction of sp³-hybridized carbons (Fsp3) is 0.567. The zero-order valence-electron chi connectivity index (χ0n) is 21.2. The first kappa shape index (κ1) is 25.9. The molecule has 5 nitrogen and oxygen atoms in total. The van der Waals surface area contributed by atoms with Crippen LogP contribution in [0.15, 0.2) is 70.9 Å². The number of fused-ring (bicyclic) bond motifs is 1. The zero-order valence-corrected chi connectivity index (χ0v) is 21.2. The fourth-order valence-electron chi connectivity index (χ4n) is 6.94. The van der Waals surface area contributed by atoms with E-state index >= 15 is 0 Å². The van der Waals surface area contributed by atoms with Crippen LogP contribution in [0.4, 0.5) is 0 Å². The number of nitrogens with zero attached hydrogens (tertiary/aromatic N) is 1. The van der Waals surface area contributed by atoms with E-state index in [1.165, 1.54) is 31.3 Å². The topological polar surface area (TPSA) is 82.3 Å². The normalized spacial score (nSPS) is 34.9. The van der Waals surface area contributed by atoms with Gasteiger partial charge in [-0.1, -0.05) is 73.6 Å². The summed E-state index contributed by atoms with van der Waals surface area (Å²) in [7, 11) is 0. The Balaban J connectivity index is 1.40. The first-order valence-electron chi connectivity index (χ1n) is 13.1. The summed E-state index contributed by atoms with van der Waals surface area (Å²) in [6.07, 6.45) is 10.1. The van der Waals surface area contributed by atoms with E-state index in [2.05, 4.69) is 37.7 Å². The first-order chi connectivity index (χ1) is 16.8. The van der Waals surface area contributed by atoms with Gasteiger partial charge in [-0.3, -0.25) is 0 Å². The monoisotopic (exact) mass is 479 g/mol. The summed E-state index contributed by atoms with van der Waals surface area (Å²) in [5.41, 5.74) is 4.93. The molecule has 5 heteroatoms. The van der Waals surface area contributed by atoms with Crippen molar-refractivity contribution in [3.05, 3.63) is 71.3 Å². The summed E-state index contributed by atoms with van der Waals surface area (Å²) < 4.78 is 6.05. The molecular weight excluding hydrogens is 438 g/mol. The van der Waals surface area contributed by atoms with Crippen LogP contribution in [0.25, 0.3) is 0 Å². The SMILES string of the molecule is C=C1/C(=C\C=C2/CCC[C@]3(C)[C@@H]([C@H](C)COC/C(=N/O)c4ccccc4)CC[C@@H]23)C[C@@H](O)C[C@@H]1O. The van der Waals surface area contributed by atoms with E-state index in [1.807, 2.05) is 30.3 Å². The molecule has 1 aromatic carbocycles. The van der Waals surface area contributed by atoms with Crippen LogP contribution in [0.5, 0.6) is 0 Å². The van der Waals surface area contributed by atoms with Crippen molar-refractivity contribution in [3.63, 3.8) is 0 Å². The first-order valence-corrected chi connectivity index (χ1v) is 13.1. The van der Waals surface area contributed by atoms with Gasteiger partial charge in [0.15, 0.2) is 0 Å². The molecule has 3 N–H and O–H groups in total. The number of benzene rings is 1. The average Bonchev–Trinajstić information content (AvgIpc) is 3.21. The minimum absolute atomic E-state index is 0.251. The maximum atomic E-state index is 10.2. The Morgan fingerprint density at radius 3 is 2.74 bits per heavy atom. The third-order valence-corrected chi connectivity index (χ3v) is 8.84. The third-order valence-electron chi connectivity index (χ3n) is 8.84. The Morgan fingerprint density at radius 2 is 2.00 bits per heavy atom. The molecule has 4 rings (SSSR count). The van der Waals surface area contributed by atoms with Crippen molar-refractivity contribution < 1.29 is 20.2 Å². The van der Waals surface area contributed by atoms with E-state index in [1.54, 1.807) is 0 Å². The number of rotatable bonds is 7. The van der Waals surface area contributed by atoms with Gasteiger partial charge < -0.3 is 20.2 Å². The molecule has 190 valence electrons. The molecule has 1 aromatic rings. The minimum Gasteiger partial charge on any atom is -0.411 e. The van der Waals surface area contributed by atoms with Crippen LogP contribution in [0.2, 0.25) is 0 Å². The quantitative estimate of drug-likeness (QED) is 0.268. The minimum atomic E-state index is -0.644. The summed E-state index contributed by atoms with van der Waals surface area (Å²) in [4.78, 5) is 0. The number of allylic oxidation sites excluding steroid dienone is 3. The second-order valence-electron chi connectivity index (χ2n) is 11.1. The molecule has 3 aliphatic rings. The molecule has 0 amide bonds. The van der Waals surface area contributed by atoms with Crippen LogP contribution < -0.4 is 0 Å². The van der Waals surface area contributed by atoms with Gasteiger partial charge in [0, 0.05) is 18.6 Å². The summed E-state index contributed by atoms with van der Waals surface area (Å²) in [6.45, 7) is 9.77. The van der Waals surface area contributed by atoms with Gasteiger partial charge in [0.2, 0.25) is 0 Å².